The van der Waals surface area contributed by atoms with Crippen LogP contribution in [0.1, 0.15) is 23.2 Å². The molecule has 0 radical (unpaired) electrons. The van der Waals surface area contributed by atoms with Crippen molar-refractivity contribution < 1.29 is 9.21 Å². The zero-order valence-corrected chi connectivity index (χ0v) is 12.4. The first-order valence-electron chi connectivity index (χ1n) is 7.44. The van der Waals surface area contributed by atoms with Gasteiger partial charge in [-0.25, -0.2) is 4.79 Å². The topological polar surface area (TPSA) is 97.4 Å². The van der Waals surface area contributed by atoms with Crippen molar-refractivity contribution in [3.63, 3.8) is 0 Å². The number of hydrogen-bond donors (Lipinski definition) is 3. The van der Waals surface area contributed by atoms with Crippen LogP contribution in [0.2, 0.25) is 0 Å². The lowest BCUT2D eigenvalue weighted by Gasteiger charge is -2.06. The first-order valence-corrected chi connectivity index (χ1v) is 7.44. The number of hydrogen-bond acceptors (Lipinski definition) is 5. The van der Waals surface area contributed by atoms with Crippen molar-refractivity contribution in [2.45, 2.75) is 12.8 Å². The molecule has 2 aromatic rings. The first-order chi connectivity index (χ1) is 10.7. The predicted molar refractivity (Wildman–Crippen MR) is 86.0 cm³/mol. The van der Waals surface area contributed by atoms with Crippen LogP contribution >= 0.6 is 0 Å². The van der Waals surface area contributed by atoms with Crippen molar-refractivity contribution in [1.29, 1.82) is 0 Å². The summed E-state index contributed by atoms with van der Waals surface area (Å²) >= 11 is 0. The molecule has 0 aliphatic rings. The highest BCUT2D eigenvalue weighted by Gasteiger charge is 2.12. The fraction of sp³-hybridized carbons (Fsp3) is 0.375. The van der Waals surface area contributed by atoms with Gasteiger partial charge in [-0.1, -0.05) is 18.2 Å². The van der Waals surface area contributed by atoms with Crippen LogP contribution in [0.15, 0.2) is 39.5 Å². The van der Waals surface area contributed by atoms with Gasteiger partial charge in [-0.2, -0.15) is 0 Å². The summed E-state index contributed by atoms with van der Waals surface area (Å²) in [6.07, 6.45) is 1.72. The van der Waals surface area contributed by atoms with Gasteiger partial charge in [-0.15, -0.1) is 0 Å². The van der Waals surface area contributed by atoms with Crippen LogP contribution in [-0.4, -0.2) is 32.1 Å². The Balaban J connectivity index is 1.87. The fourth-order valence-electron chi connectivity index (χ4n) is 2.08. The van der Waals surface area contributed by atoms with E-state index in [9.17, 15) is 9.59 Å². The smallest absolute Gasteiger partial charge is 0.349 e. The Morgan fingerprint density at radius 1 is 1.14 bits per heavy atom. The third-order valence-electron chi connectivity index (χ3n) is 3.26. The Morgan fingerprint density at radius 3 is 2.73 bits per heavy atom. The number of nitrogens with two attached hydrogens (primary N) is 1. The third kappa shape index (κ3) is 4.41. The van der Waals surface area contributed by atoms with Crippen LogP contribution in [-0.2, 0) is 0 Å². The largest absolute Gasteiger partial charge is 0.422 e. The highest BCUT2D eigenvalue weighted by atomic mass is 16.4. The molecule has 0 fully saturated rings. The average molecular weight is 303 g/mol. The maximum atomic E-state index is 12.0. The van der Waals surface area contributed by atoms with E-state index in [0.29, 0.717) is 18.7 Å². The number of amides is 1. The Morgan fingerprint density at radius 2 is 1.91 bits per heavy atom. The van der Waals surface area contributed by atoms with Gasteiger partial charge in [0.1, 0.15) is 11.1 Å². The summed E-state index contributed by atoms with van der Waals surface area (Å²) in [6, 6.07) is 8.68. The van der Waals surface area contributed by atoms with Crippen molar-refractivity contribution in [1.82, 2.24) is 10.6 Å². The molecule has 22 heavy (non-hydrogen) atoms. The molecule has 0 bridgehead atoms. The molecule has 4 N–H and O–H groups in total. The van der Waals surface area contributed by atoms with Crippen LogP contribution in [0.5, 0.6) is 0 Å². The van der Waals surface area contributed by atoms with Crippen LogP contribution in [0.25, 0.3) is 11.0 Å². The lowest BCUT2D eigenvalue weighted by molar-refractivity contribution is 0.0949. The van der Waals surface area contributed by atoms with Gasteiger partial charge in [-0.3, -0.25) is 4.79 Å². The van der Waals surface area contributed by atoms with Crippen molar-refractivity contribution in [2.24, 2.45) is 5.73 Å². The monoisotopic (exact) mass is 303 g/mol. The highest BCUT2D eigenvalue weighted by molar-refractivity contribution is 5.96. The number of benzene rings is 1. The molecule has 1 amide bonds. The standard InChI is InChI=1S/C16H21N3O3/c17-7-3-8-18-9-4-10-19-15(20)13-11-12-5-1-2-6-14(12)22-16(13)21/h1-2,5-6,11,18H,3-4,7-10,17H2,(H,19,20). The normalized spacial score (nSPS) is 10.8. The van der Waals surface area contributed by atoms with E-state index in [1.165, 1.54) is 0 Å². The number of para-hydroxylation sites is 1. The molecular formula is C16H21N3O3. The van der Waals surface area contributed by atoms with Gasteiger partial charge >= 0.3 is 5.63 Å². The number of rotatable bonds is 8. The Hall–Kier alpha value is -2.18. The molecule has 6 nitrogen and oxygen atoms in total. The van der Waals surface area contributed by atoms with Crippen molar-refractivity contribution in [3.8, 4) is 0 Å². The second-order valence-electron chi connectivity index (χ2n) is 4.99. The third-order valence-corrected chi connectivity index (χ3v) is 3.26. The summed E-state index contributed by atoms with van der Waals surface area (Å²) in [4.78, 5) is 23.9. The van der Waals surface area contributed by atoms with E-state index in [1.807, 2.05) is 6.07 Å². The molecule has 0 aliphatic heterocycles. The van der Waals surface area contributed by atoms with Crippen LogP contribution < -0.4 is 22.0 Å². The zero-order valence-electron chi connectivity index (χ0n) is 12.4. The number of nitrogens with one attached hydrogen (secondary N) is 2. The molecule has 1 aromatic carbocycles. The summed E-state index contributed by atoms with van der Waals surface area (Å²) in [5.41, 5.74) is 5.29. The Bertz CT molecular complexity index is 682. The van der Waals surface area contributed by atoms with Crippen molar-refractivity contribution in [2.75, 3.05) is 26.2 Å². The van der Waals surface area contributed by atoms with E-state index in [1.54, 1.807) is 24.3 Å². The van der Waals surface area contributed by atoms with E-state index >= 15 is 0 Å². The molecule has 2 rings (SSSR count). The maximum Gasteiger partial charge on any atom is 0.349 e. The van der Waals surface area contributed by atoms with Crippen molar-refractivity contribution >= 4 is 16.9 Å². The highest BCUT2D eigenvalue weighted by Crippen LogP contribution is 2.12. The van der Waals surface area contributed by atoms with Gasteiger partial charge in [0.05, 0.1) is 0 Å². The minimum atomic E-state index is -0.614. The van der Waals surface area contributed by atoms with Crippen molar-refractivity contribution in [3.05, 3.63) is 46.3 Å². The second-order valence-corrected chi connectivity index (χ2v) is 4.99. The molecule has 0 unspecified atom stereocenters. The molecule has 0 saturated carbocycles. The zero-order chi connectivity index (χ0) is 15.8. The quantitative estimate of drug-likeness (QED) is 0.496. The van der Waals surface area contributed by atoms with E-state index in [-0.39, 0.29) is 5.56 Å². The number of carbonyl (C=O) groups is 1. The van der Waals surface area contributed by atoms with Gasteiger partial charge < -0.3 is 20.8 Å². The lowest BCUT2D eigenvalue weighted by atomic mass is 10.2. The summed E-state index contributed by atoms with van der Waals surface area (Å²) in [5, 5.41) is 6.69. The van der Waals surface area contributed by atoms with Gasteiger partial charge in [0.2, 0.25) is 0 Å². The Labute approximate surface area is 128 Å². The maximum absolute atomic E-state index is 12.0. The average Bonchev–Trinajstić information content (AvgIpc) is 2.53. The summed E-state index contributed by atoms with van der Waals surface area (Å²) < 4.78 is 5.15. The molecule has 6 heteroatoms. The van der Waals surface area contributed by atoms with E-state index < -0.39 is 11.5 Å². The minimum absolute atomic E-state index is 0.0368. The van der Waals surface area contributed by atoms with Gasteiger partial charge in [0.15, 0.2) is 0 Å². The molecule has 0 atom stereocenters. The Kier molecular flexibility index (Phi) is 6.12. The number of fused-ring (bicyclic) bond motifs is 1. The SMILES string of the molecule is NCCCNCCCNC(=O)c1cc2ccccc2oc1=O. The molecule has 0 aliphatic carbocycles. The van der Waals surface area contributed by atoms with Gasteiger partial charge in [0.25, 0.3) is 5.91 Å². The van der Waals surface area contributed by atoms with E-state index in [4.69, 9.17) is 10.2 Å². The molecule has 118 valence electrons. The lowest BCUT2D eigenvalue weighted by Crippen LogP contribution is -2.31. The first kappa shape index (κ1) is 16.2. The fourth-order valence-corrected chi connectivity index (χ4v) is 2.08. The van der Waals surface area contributed by atoms with E-state index in [0.717, 1.165) is 31.3 Å². The molecular weight excluding hydrogens is 282 g/mol. The van der Waals surface area contributed by atoms with E-state index in [2.05, 4.69) is 10.6 Å². The summed E-state index contributed by atoms with van der Waals surface area (Å²) in [6.45, 7) is 2.84. The molecule has 0 saturated heterocycles. The second kappa shape index (κ2) is 8.31. The number of carbonyl (C=O) groups excluding carboxylic acids is 1. The van der Waals surface area contributed by atoms with Crippen LogP contribution in [0.4, 0.5) is 0 Å². The van der Waals surface area contributed by atoms with Gasteiger partial charge in [0, 0.05) is 11.9 Å². The predicted octanol–water partition coefficient (Wildman–Crippen LogP) is 0.851. The van der Waals surface area contributed by atoms with Crippen LogP contribution in [0.3, 0.4) is 0 Å². The summed E-state index contributed by atoms with van der Waals surface area (Å²) in [5.74, 6) is -0.401. The van der Waals surface area contributed by atoms with Crippen LogP contribution in [0, 0.1) is 0 Å². The molecule has 0 spiro atoms. The molecule has 1 heterocycles. The van der Waals surface area contributed by atoms with Gasteiger partial charge in [-0.05, 0) is 44.6 Å². The summed E-state index contributed by atoms with van der Waals surface area (Å²) in [7, 11) is 0. The molecule has 1 aromatic heterocycles. The minimum Gasteiger partial charge on any atom is -0.422 e.